The zero-order chi connectivity index (χ0) is 11.1. The molecule has 5 nitrogen and oxygen atoms in total. The van der Waals surface area contributed by atoms with Gasteiger partial charge in [0.25, 0.3) is 0 Å². The van der Waals surface area contributed by atoms with Crippen LogP contribution in [0, 0.1) is 0 Å². The Balaban J connectivity index is 2.66. The van der Waals surface area contributed by atoms with Crippen LogP contribution in [-0.2, 0) is 0 Å². The molecule has 0 amide bonds. The van der Waals surface area contributed by atoms with Crippen molar-refractivity contribution in [1.29, 1.82) is 0 Å². The molecule has 0 unspecified atom stereocenters. The summed E-state index contributed by atoms with van der Waals surface area (Å²) >= 11 is 0. The van der Waals surface area contributed by atoms with Crippen molar-refractivity contribution >= 4 is 0 Å². The molecule has 1 atom stereocenters. The van der Waals surface area contributed by atoms with Crippen LogP contribution < -0.4 is 4.74 Å². The van der Waals surface area contributed by atoms with Crippen LogP contribution in [-0.4, -0.2) is 18.3 Å². The van der Waals surface area contributed by atoms with Crippen molar-refractivity contribution in [3.05, 3.63) is 40.3 Å². The summed E-state index contributed by atoms with van der Waals surface area (Å²) in [5.41, 5.74) is 8.82. The molecule has 0 fully saturated rings. The van der Waals surface area contributed by atoms with E-state index in [2.05, 4.69) is 10.0 Å². The van der Waals surface area contributed by atoms with Gasteiger partial charge in [-0.05, 0) is 30.2 Å². The van der Waals surface area contributed by atoms with E-state index in [1.807, 2.05) is 6.92 Å². The van der Waals surface area contributed by atoms with Crippen molar-refractivity contribution < 1.29 is 9.84 Å². The van der Waals surface area contributed by atoms with E-state index in [4.69, 9.17) is 10.3 Å². The average Bonchev–Trinajstić information content (AvgIpc) is 2.27. The Bertz CT molecular complexity index is 344. The predicted molar refractivity (Wildman–Crippen MR) is 56.6 cm³/mol. The van der Waals surface area contributed by atoms with Crippen LogP contribution in [0.3, 0.4) is 0 Å². The van der Waals surface area contributed by atoms with Crippen molar-refractivity contribution in [2.45, 2.75) is 13.0 Å². The SMILES string of the molecule is CCOc1ccc([C@H](O)CN=[N+]=[N-])cc1. The van der Waals surface area contributed by atoms with E-state index in [1.165, 1.54) is 0 Å². The molecule has 0 saturated heterocycles. The first-order valence-electron chi connectivity index (χ1n) is 4.69. The van der Waals surface area contributed by atoms with E-state index in [0.29, 0.717) is 12.2 Å². The Morgan fingerprint density at radius 1 is 1.47 bits per heavy atom. The molecule has 1 aromatic carbocycles. The Morgan fingerprint density at radius 2 is 2.13 bits per heavy atom. The molecular formula is C10H13N3O2. The molecule has 0 heterocycles. The van der Waals surface area contributed by atoms with Gasteiger partial charge in [0.2, 0.25) is 0 Å². The van der Waals surface area contributed by atoms with Gasteiger partial charge in [0.15, 0.2) is 0 Å². The maximum Gasteiger partial charge on any atom is 0.119 e. The molecule has 80 valence electrons. The summed E-state index contributed by atoms with van der Waals surface area (Å²) in [6, 6.07) is 7.06. The van der Waals surface area contributed by atoms with Crippen LogP contribution in [0.15, 0.2) is 29.4 Å². The first kappa shape index (κ1) is 11.4. The molecule has 1 N–H and O–H groups in total. The maximum atomic E-state index is 9.57. The Kier molecular flexibility index (Phi) is 4.47. The third kappa shape index (κ3) is 3.50. The monoisotopic (exact) mass is 207 g/mol. The van der Waals surface area contributed by atoms with E-state index < -0.39 is 6.10 Å². The number of ether oxygens (including phenoxy) is 1. The molecule has 0 aromatic heterocycles. The lowest BCUT2D eigenvalue weighted by Gasteiger charge is -2.08. The van der Waals surface area contributed by atoms with Crippen LogP contribution in [0.5, 0.6) is 5.75 Å². The number of hydrogen-bond donors (Lipinski definition) is 1. The van der Waals surface area contributed by atoms with Crippen molar-refractivity contribution in [2.24, 2.45) is 5.11 Å². The molecule has 0 spiro atoms. The molecule has 0 bridgehead atoms. The summed E-state index contributed by atoms with van der Waals surface area (Å²) in [6.07, 6.45) is -0.753. The van der Waals surface area contributed by atoms with Gasteiger partial charge in [0, 0.05) is 4.91 Å². The van der Waals surface area contributed by atoms with Crippen molar-refractivity contribution in [1.82, 2.24) is 0 Å². The van der Waals surface area contributed by atoms with Crippen molar-refractivity contribution in [3.63, 3.8) is 0 Å². The zero-order valence-electron chi connectivity index (χ0n) is 8.50. The normalized spacial score (nSPS) is 11.6. The molecule has 0 saturated carbocycles. The minimum absolute atomic E-state index is 0.0461. The fourth-order valence-corrected chi connectivity index (χ4v) is 1.17. The first-order valence-corrected chi connectivity index (χ1v) is 4.69. The Morgan fingerprint density at radius 3 is 2.67 bits per heavy atom. The summed E-state index contributed by atoms with van der Waals surface area (Å²) in [5.74, 6) is 0.761. The maximum absolute atomic E-state index is 9.57. The Labute approximate surface area is 87.9 Å². The standard InChI is InChI=1S/C10H13N3O2/c1-2-15-9-5-3-8(4-6-9)10(14)7-12-13-11/h3-6,10,14H,2,7H2,1H3/t10-/m1/s1. The number of benzene rings is 1. The second kappa shape index (κ2) is 5.90. The third-order valence-corrected chi connectivity index (χ3v) is 1.89. The molecule has 0 radical (unpaired) electrons. The highest BCUT2D eigenvalue weighted by Gasteiger charge is 2.05. The molecule has 5 heteroatoms. The number of aliphatic hydroxyl groups excluding tert-OH is 1. The van der Waals surface area contributed by atoms with Crippen molar-refractivity contribution in [3.8, 4) is 5.75 Å². The molecule has 1 aromatic rings. The lowest BCUT2D eigenvalue weighted by atomic mass is 10.1. The summed E-state index contributed by atoms with van der Waals surface area (Å²) in [7, 11) is 0. The van der Waals surface area contributed by atoms with Crippen LogP contribution in [0.4, 0.5) is 0 Å². The van der Waals surface area contributed by atoms with Crippen LogP contribution in [0.25, 0.3) is 10.4 Å². The van der Waals surface area contributed by atoms with Gasteiger partial charge in [0.05, 0.1) is 19.3 Å². The molecular weight excluding hydrogens is 194 g/mol. The van der Waals surface area contributed by atoms with Gasteiger partial charge < -0.3 is 9.84 Å². The largest absolute Gasteiger partial charge is 0.494 e. The van der Waals surface area contributed by atoms with E-state index in [-0.39, 0.29) is 6.54 Å². The minimum Gasteiger partial charge on any atom is -0.494 e. The van der Waals surface area contributed by atoms with E-state index in [1.54, 1.807) is 24.3 Å². The smallest absolute Gasteiger partial charge is 0.119 e. The van der Waals surface area contributed by atoms with Crippen molar-refractivity contribution in [2.75, 3.05) is 13.2 Å². The number of rotatable bonds is 5. The fourth-order valence-electron chi connectivity index (χ4n) is 1.17. The summed E-state index contributed by atoms with van der Waals surface area (Å²) in [5, 5.41) is 12.9. The van der Waals surface area contributed by atoms with Crippen LogP contribution in [0.1, 0.15) is 18.6 Å². The second-order valence-electron chi connectivity index (χ2n) is 2.93. The highest BCUT2D eigenvalue weighted by molar-refractivity contribution is 5.28. The number of aliphatic hydroxyl groups is 1. The van der Waals surface area contributed by atoms with E-state index in [9.17, 15) is 5.11 Å². The molecule has 0 aliphatic rings. The third-order valence-electron chi connectivity index (χ3n) is 1.89. The number of azide groups is 1. The minimum atomic E-state index is -0.753. The first-order chi connectivity index (χ1) is 7.27. The van der Waals surface area contributed by atoms with Crippen LogP contribution in [0.2, 0.25) is 0 Å². The fraction of sp³-hybridized carbons (Fsp3) is 0.400. The predicted octanol–water partition coefficient (Wildman–Crippen LogP) is 2.43. The average molecular weight is 207 g/mol. The summed E-state index contributed by atoms with van der Waals surface area (Å²) in [6.45, 7) is 2.56. The van der Waals surface area contributed by atoms with Gasteiger partial charge in [-0.3, -0.25) is 0 Å². The van der Waals surface area contributed by atoms with E-state index >= 15 is 0 Å². The zero-order valence-corrected chi connectivity index (χ0v) is 8.50. The van der Waals surface area contributed by atoms with Gasteiger partial charge in [-0.2, -0.15) is 0 Å². The van der Waals surface area contributed by atoms with E-state index in [0.717, 1.165) is 5.75 Å². The number of hydrogen-bond acceptors (Lipinski definition) is 3. The van der Waals surface area contributed by atoms with Gasteiger partial charge in [0.1, 0.15) is 5.75 Å². The van der Waals surface area contributed by atoms with Gasteiger partial charge in [-0.1, -0.05) is 17.2 Å². The summed E-state index contributed by atoms with van der Waals surface area (Å²) < 4.78 is 5.26. The van der Waals surface area contributed by atoms with Gasteiger partial charge in [-0.15, -0.1) is 0 Å². The summed E-state index contributed by atoms with van der Waals surface area (Å²) in [4.78, 5) is 2.59. The van der Waals surface area contributed by atoms with Crippen LogP contribution >= 0.6 is 0 Å². The molecule has 0 aliphatic carbocycles. The molecule has 0 aliphatic heterocycles. The highest BCUT2D eigenvalue weighted by atomic mass is 16.5. The lowest BCUT2D eigenvalue weighted by Crippen LogP contribution is -2.00. The number of nitrogens with zero attached hydrogens (tertiary/aromatic N) is 3. The topological polar surface area (TPSA) is 78.2 Å². The lowest BCUT2D eigenvalue weighted by molar-refractivity contribution is 0.186. The second-order valence-corrected chi connectivity index (χ2v) is 2.93. The van der Waals surface area contributed by atoms with Gasteiger partial charge in [-0.25, -0.2) is 0 Å². The molecule has 1 rings (SSSR count). The van der Waals surface area contributed by atoms with Gasteiger partial charge >= 0.3 is 0 Å². The Hall–Kier alpha value is -1.71. The quantitative estimate of drug-likeness (QED) is 0.457. The highest BCUT2D eigenvalue weighted by Crippen LogP contribution is 2.17. The molecule has 15 heavy (non-hydrogen) atoms.